The SMILES string of the molecule is CCC(COCCCC=O)(COCCCC=O)COCCCC=O. The van der Waals surface area contributed by atoms with Crippen molar-refractivity contribution in [2.45, 2.75) is 51.9 Å². The van der Waals surface area contributed by atoms with Crippen LogP contribution in [-0.4, -0.2) is 58.5 Å². The minimum absolute atomic E-state index is 0.246. The zero-order valence-corrected chi connectivity index (χ0v) is 14.9. The molecule has 0 aliphatic carbocycles. The van der Waals surface area contributed by atoms with Crippen molar-refractivity contribution >= 4 is 18.9 Å². The van der Waals surface area contributed by atoms with E-state index in [0.717, 1.165) is 25.3 Å². The van der Waals surface area contributed by atoms with Crippen LogP contribution in [0.1, 0.15) is 51.9 Å². The molecular weight excluding hydrogens is 312 g/mol. The minimum Gasteiger partial charge on any atom is -0.381 e. The predicted molar refractivity (Wildman–Crippen MR) is 91.1 cm³/mol. The van der Waals surface area contributed by atoms with Crippen LogP contribution >= 0.6 is 0 Å². The molecule has 0 amide bonds. The Bertz CT molecular complexity index is 273. The fourth-order valence-electron chi connectivity index (χ4n) is 2.10. The molecule has 6 nitrogen and oxygen atoms in total. The van der Waals surface area contributed by atoms with Gasteiger partial charge in [0.1, 0.15) is 18.9 Å². The maximum Gasteiger partial charge on any atom is 0.120 e. The predicted octanol–water partition coefficient (Wildman–Crippen LogP) is 2.37. The summed E-state index contributed by atoms with van der Waals surface area (Å²) in [5, 5.41) is 0. The van der Waals surface area contributed by atoms with Gasteiger partial charge in [0.05, 0.1) is 19.8 Å². The van der Waals surface area contributed by atoms with E-state index >= 15 is 0 Å². The maximum absolute atomic E-state index is 10.3. The summed E-state index contributed by atoms with van der Waals surface area (Å²) in [7, 11) is 0. The van der Waals surface area contributed by atoms with Gasteiger partial charge in [0.25, 0.3) is 0 Å². The quantitative estimate of drug-likeness (QED) is 0.264. The molecule has 0 aromatic rings. The van der Waals surface area contributed by atoms with Crippen LogP contribution in [0.2, 0.25) is 0 Å². The first-order valence-corrected chi connectivity index (χ1v) is 8.79. The van der Waals surface area contributed by atoms with Crippen LogP contribution in [0.5, 0.6) is 0 Å². The van der Waals surface area contributed by atoms with Crippen LogP contribution < -0.4 is 0 Å². The van der Waals surface area contributed by atoms with E-state index in [4.69, 9.17) is 14.2 Å². The van der Waals surface area contributed by atoms with E-state index < -0.39 is 0 Å². The fourth-order valence-corrected chi connectivity index (χ4v) is 2.10. The van der Waals surface area contributed by atoms with Gasteiger partial charge in [-0.05, 0) is 25.7 Å². The summed E-state index contributed by atoms with van der Waals surface area (Å²) < 4.78 is 17.2. The largest absolute Gasteiger partial charge is 0.381 e. The normalized spacial score (nSPS) is 11.4. The summed E-state index contributed by atoms with van der Waals surface area (Å²) in [5.74, 6) is 0. The van der Waals surface area contributed by atoms with Crippen molar-refractivity contribution in [3.05, 3.63) is 0 Å². The number of carbonyl (C=O) groups excluding carboxylic acids is 3. The van der Waals surface area contributed by atoms with Crippen molar-refractivity contribution in [3.8, 4) is 0 Å². The van der Waals surface area contributed by atoms with Gasteiger partial charge < -0.3 is 28.6 Å². The number of ether oxygens (including phenoxy) is 3. The number of aldehydes is 3. The molecule has 24 heavy (non-hydrogen) atoms. The molecule has 0 saturated carbocycles. The highest BCUT2D eigenvalue weighted by molar-refractivity contribution is 5.49. The number of rotatable bonds is 19. The van der Waals surface area contributed by atoms with E-state index in [-0.39, 0.29) is 5.41 Å². The van der Waals surface area contributed by atoms with Crippen molar-refractivity contribution in [2.75, 3.05) is 39.6 Å². The van der Waals surface area contributed by atoms with Crippen molar-refractivity contribution in [1.29, 1.82) is 0 Å². The summed E-state index contributed by atoms with van der Waals surface area (Å²) in [5.41, 5.74) is -0.246. The van der Waals surface area contributed by atoms with Crippen LogP contribution in [0, 0.1) is 5.41 Å². The topological polar surface area (TPSA) is 78.9 Å². The van der Waals surface area contributed by atoms with E-state index in [9.17, 15) is 14.4 Å². The van der Waals surface area contributed by atoms with E-state index in [1.165, 1.54) is 0 Å². The van der Waals surface area contributed by atoms with Crippen LogP contribution in [0.25, 0.3) is 0 Å². The first-order chi connectivity index (χ1) is 11.7. The number of carbonyl (C=O) groups is 3. The smallest absolute Gasteiger partial charge is 0.120 e. The van der Waals surface area contributed by atoms with Gasteiger partial charge in [0.2, 0.25) is 0 Å². The lowest BCUT2D eigenvalue weighted by atomic mass is 9.88. The average Bonchev–Trinajstić information content (AvgIpc) is 2.60. The van der Waals surface area contributed by atoms with Gasteiger partial charge >= 0.3 is 0 Å². The first kappa shape index (κ1) is 22.9. The summed E-state index contributed by atoms with van der Waals surface area (Å²) in [6.45, 7) is 5.19. The average molecular weight is 344 g/mol. The molecule has 0 aromatic heterocycles. The highest BCUT2D eigenvalue weighted by Crippen LogP contribution is 2.24. The van der Waals surface area contributed by atoms with E-state index in [2.05, 4.69) is 6.92 Å². The molecule has 0 N–H and O–H groups in total. The summed E-state index contributed by atoms with van der Waals surface area (Å²) >= 11 is 0. The second kappa shape index (κ2) is 16.7. The van der Waals surface area contributed by atoms with Gasteiger partial charge in [-0.25, -0.2) is 0 Å². The molecule has 0 saturated heterocycles. The highest BCUT2D eigenvalue weighted by atomic mass is 16.5. The third-order valence-electron chi connectivity index (χ3n) is 3.81. The lowest BCUT2D eigenvalue weighted by molar-refractivity contribution is -0.108. The molecule has 0 aliphatic rings. The standard InChI is InChI=1S/C18H32O6/c1-2-18(15-22-12-6-3-9-19,16-23-13-7-4-10-20)17-24-14-8-5-11-21/h9-11H,2-8,12-17H2,1H3. The second-order valence-electron chi connectivity index (χ2n) is 5.94. The van der Waals surface area contributed by atoms with Gasteiger partial charge in [0.15, 0.2) is 0 Å². The summed E-state index contributed by atoms with van der Waals surface area (Å²) in [4.78, 5) is 31.0. The van der Waals surface area contributed by atoms with Crippen molar-refractivity contribution in [1.82, 2.24) is 0 Å². The van der Waals surface area contributed by atoms with Gasteiger partial charge in [-0.2, -0.15) is 0 Å². The first-order valence-electron chi connectivity index (χ1n) is 8.79. The Kier molecular flexibility index (Phi) is 16.0. The van der Waals surface area contributed by atoms with Gasteiger partial charge in [-0.15, -0.1) is 0 Å². The minimum atomic E-state index is -0.246. The van der Waals surface area contributed by atoms with Gasteiger partial charge in [-0.1, -0.05) is 6.92 Å². The van der Waals surface area contributed by atoms with Crippen LogP contribution in [0.4, 0.5) is 0 Å². The Hall–Kier alpha value is -1.11. The zero-order valence-electron chi connectivity index (χ0n) is 14.9. The number of hydrogen-bond acceptors (Lipinski definition) is 6. The lowest BCUT2D eigenvalue weighted by Gasteiger charge is -2.32. The summed E-state index contributed by atoms with van der Waals surface area (Å²) in [6, 6.07) is 0. The maximum atomic E-state index is 10.3. The molecule has 0 bridgehead atoms. The van der Waals surface area contributed by atoms with Crippen LogP contribution in [-0.2, 0) is 28.6 Å². The molecule has 0 aromatic carbocycles. The molecule has 0 heterocycles. The fraction of sp³-hybridized carbons (Fsp3) is 0.833. The second-order valence-corrected chi connectivity index (χ2v) is 5.94. The van der Waals surface area contributed by atoms with Crippen molar-refractivity contribution < 1.29 is 28.6 Å². The van der Waals surface area contributed by atoms with Gasteiger partial charge in [-0.3, -0.25) is 0 Å². The third kappa shape index (κ3) is 12.3. The Morgan fingerprint density at radius 3 is 1.25 bits per heavy atom. The molecule has 140 valence electrons. The molecule has 0 atom stereocenters. The number of hydrogen-bond donors (Lipinski definition) is 0. The van der Waals surface area contributed by atoms with E-state index in [1.807, 2.05) is 0 Å². The molecule has 0 rings (SSSR count). The molecule has 0 fully saturated rings. The summed E-state index contributed by atoms with van der Waals surface area (Å²) in [6.07, 6.45) is 7.16. The lowest BCUT2D eigenvalue weighted by Crippen LogP contribution is -2.37. The van der Waals surface area contributed by atoms with Crippen molar-refractivity contribution in [3.63, 3.8) is 0 Å². The van der Waals surface area contributed by atoms with E-state index in [1.54, 1.807) is 0 Å². The molecular formula is C18H32O6. The van der Waals surface area contributed by atoms with E-state index in [0.29, 0.717) is 78.2 Å². The molecule has 0 radical (unpaired) electrons. The highest BCUT2D eigenvalue weighted by Gasteiger charge is 2.29. The monoisotopic (exact) mass is 344 g/mol. The van der Waals surface area contributed by atoms with Crippen LogP contribution in [0.15, 0.2) is 0 Å². The Morgan fingerprint density at radius 1 is 0.667 bits per heavy atom. The Morgan fingerprint density at radius 2 is 1.00 bits per heavy atom. The molecule has 0 spiro atoms. The van der Waals surface area contributed by atoms with Gasteiger partial charge in [0, 0.05) is 44.5 Å². The van der Waals surface area contributed by atoms with Crippen LogP contribution in [0.3, 0.4) is 0 Å². The molecule has 0 unspecified atom stereocenters. The Balaban J connectivity index is 4.29. The molecule has 0 aliphatic heterocycles. The third-order valence-corrected chi connectivity index (χ3v) is 3.81. The Labute approximate surface area is 145 Å². The molecule has 6 heteroatoms. The van der Waals surface area contributed by atoms with Crippen molar-refractivity contribution in [2.24, 2.45) is 5.41 Å². The number of unbranched alkanes of at least 4 members (excludes halogenated alkanes) is 3. The zero-order chi connectivity index (χ0) is 17.9.